The first-order chi connectivity index (χ1) is 8.95. The fourth-order valence-electron chi connectivity index (χ4n) is 1.49. The van der Waals surface area contributed by atoms with E-state index in [-0.39, 0.29) is 11.9 Å². The number of halogens is 1. The van der Waals surface area contributed by atoms with Gasteiger partial charge in [-0.2, -0.15) is 0 Å². The van der Waals surface area contributed by atoms with Crippen LogP contribution in [-0.4, -0.2) is 28.7 Å². The molecule has 1 aromatic rings. The Bertz CT molecular complexity index is 451. The van der Waals surface area contributed by atoms with E-state index in [1.807, 2.05) is 27.7 Å². The van der Waals surface area contributed by atoms with E-state index in [9.17, 15) is 4.79 Å². The summed E-state index contributed by atoms with van der Waals surface area (Å²) >= 11 is 5.88. The Morgan fingerprint density at radius 1 is 1.32 bits per heavy atom. The zero-order valence-electron chi connectivity index (χ0n) is 11.9. The van der Waals surface area contributed by atoms with Crippen LogP contribution in [-0.2, 0) is 4.79 Å². The summed E-state index contributed by atoms with van der Waals surface area (Å²) in [6.07, 6.45) is 1.34. The standard InChI is InChI=1S/C13H21ClN4O/c1-5-8(2)16-11(19)6-7-15-13-10(4)9(3)12(14)17-18-13/h8H,5-7H2,1-4H3,(H,15,18)(H,16,19). The average Bonchev–Trinajstić information content (AvgIpc) is 2.38. The number of nitrogens with one attached hydrogen (secondary N) is 2. The normalized spacial score (nSPS) is 12.1. The molecule has 1 amide bonds. The summed E-state index contributed by atoms with van der Waals surface area (Å²) in [4.78, 5) is 11.6. The lowest BCUT2D eigenvalue weighted by Crippen LogP contribution is -2.33. The van der Waals surface area contributed by atoms with Crippen molar-refractivity contribution >= 4 is 23.3 Å². The molecule has 1 rings (SSSR count). The van der Waals surface area contributed by atoms with Gasteiger partial charge in [0.1, 0.15) is 0 Å². The van der Waals surface area contributed by atoms with E-state index >= 15 is 0 Å². The first-order valence-electron chi connectivity index (χ1n) is 6.48. The maximum Gasteiger partial charge on any atom is 0.221 e. The summed E-state index contributed by atoms with van der Waals surface area (Å²) in [6, 6.07) is 0.215. The third-order valence-electron chi connectivity index (χ3n) is 3.13. The number of rotatable bonds is 6. The molecule has 1 aromatic heterocycles. The number of carbonyl (C=O) groups is 1. The van der Waals surface area contributed by atoms with Crippen molar-refractivity contribution in [2.24, 2.45) is 0 Å². The minimum absolute atomic E-state index is 0.0400. The highest BCUT2D eigenvalue weighted by Crippen LogP contribution is 2.20. The van der Waals surface area contributed by atoms with Gasteiger partial charge in [-0.3, -0.25) is 4.79 Å². The largest absolute Gasteiger partial charge is 0.368 e. The van der Waals surface area contributed by atoms with Crippen molar-refractivity contribution in [3.63, 3.8) is 0 Å². The van der Waals surface area contributed by atoms with Crippen LogP contribution >= 0.6 is 11.6 Å². The van der Waals surface area contributed by atoms with E-state index in [4.69, 9.17) is 11.6 Å². The molecular formula is C13H21ClN4O. The van der Waals surface area contributed by atoms with Gasteiger partial charge >= 0.3 is 0 Å². The van der Waals surface area contributed by atoms with Crippen molar-refractivity contribution in [1.82, 2.24) is 15.5 Å². The zero-order chi connectivity index (χ0) is 14.4. The second-order valence-electron chi connectivity index (χ2n) is 4.64. The molecule has 0 saturated heterocycles. The number of anilines is 1. The molecule has 5 nitrogen and oxygen atoms in total. The summed E-state index contributed by atoms with van der Waals surface area (Å²) in [7, 11) is 0. The van der Waals surface area contributed by atoms with Crippen LogP contribution < -0.4 is 10.6 Å². The quantitative estimate of drug-likeness (QED) is 0.842. The fourth-order valence-corrected chi connectivity index (χ4v) is 1.67. The molecule has 0 saturated carbocycles. The molecule has 0 aliphatic heterocycles. The number of nitrogens with zero attached hydrogens (tertiary/aromatic N) is 2. The lowest BCUT2D eigenvalue weighted by Gasteiger charge is -2.12. The molecular weight excluding hydrogens is 264 g/mol. The van der Waals surface area contributed by atoms with Crippen molar-refractivity contribution in [3.05, 3.63) is 16.3 Å². The van der Waals surface area contributed by atoms with Gasteiger partial charge in [-0.1, -0.05) is 18.5 Å². The Balaban J connectivity index is 2.46. The van der Waals surface area contributed by atoms with Crippen LogP contribution in [0.5, 0.6) is 0 Å². The first kappa shape index (κ1) is 15.7. The molecule has 0 radical (unpaired) electrons. The van der Waals surface area contributed by atoms with Gasteiger partial charge in [0.25, 0.3) is 0 Å². The van der Waals surface area contributed by atoms with Crippen LogP contribution in [0.15, 0.2) is 0 Å². The van der Waals surface area contributed by atoms with Gasteiger partial charge < -0.3 is 10.6 Å². The predicted molar refractivity (Wildman–Crippen MR) is 77.5 cm³/mol. The van der Waals surface area contributed by atoms with Crippen molar-refractivity contribution in [1.29, 1.82) is 0 Å². The third kappa shape index (κ3) is 4.67. The maximum absolute atomic E-state index is 11.6. The monoisotopic (exact) mass is 284 g/mol. The SMILES string of the molecule is CCC(C)NC(=O)CCNc1nnc(Cl)c(C)c1C. The summed E-state index contributed by atoms with van der Waals surface area (Å²) in [6.45, 7) is 8.38. The van der Waals surface area contributed by atoms with Crippen molar-refractivity contribution in [2.45, 2.75) is 46.6 Å². The molecule has 1 unspecified atom stereocenters. The van der Waals surface area contributed by atoms with Gasteiger partial charge in [0, 0.05) is 19.0 Å². The molecule has 2 N–H and O–H groups in total. The van der Waals surface area contributed by atoms with E-state index in [1.54, 1.807) is 0 Å². The summed E-state index contributed by atoms with van der Waals surface area (Å²) in [5, 5.41) is 14.3. The molecule has 0 aliphatic rings. The van der Waals surface area contributed by atoms with Crippen LogP contribution in [0, 0.1) is 13.8 Å². The summed E-state index contributed by atoms with van der Waals surface area (Å²) in [5.74, 6) is 0.719. The van der Waals surface area contributed by atoms with Gasteiger partial charge in [0.05, 0.1) is 0 Å². The van der Waals surface area contributed by atoms with Crippen molar-refractivity contribution in [3.8, 4) is 0 Å². The Labute approximate surface area is 119 Å². The molecule has 0 aliphatic carbocycles. The molecule has 6 heteroatoms. The molecule has 0 fully saturated rings. The molecule has 0 spiro atoms. The number of amides is 1. The van der Waals surface area contributed by atoms with E-state index < -0.39 is 0 Å². The van der Waals surface area contributed by atoms with Gasteiger partial charge in [-0.25, -0.2) is 0 Å². The van der Waals surface area contributed by atoms with Crippen LogP contribution in [0.1, 0.15) is 37.8 Å². The van der Waals surface area contributed by atoms with E-state index in [0.29, 0.717) is 23.9 Å². The molecule has 0 bridgehead atoms. The van der Waals surface area contributed by atoms with E-state index in [2.05, 4.69) is 20.8 Å². The van der Waals surface area contributed by atoms with Crippen molar-refractivity contribution in [2.75, 3.05) is 11.9 Å². The second-order valence-corrected chi connectivity index (χ2v) is 5.00. The Morgan fingerprint density at radius 2 is 2.00 bits per heavy atom. The highest BCUT2D eigenvalue weighted by molar-refractivity contribution is 6.30. The van der Waals surface area contributed by atoms with Gasteiger partial charge in [0.15, 0.2) is 11.0 Å². The average molecular weight is 285 g/mol. The summed E-state index contributed by atoms with van der Waals surface area (Å²) in [5.41, 5.74) is 1.87. The third-order valence-corrected chi connectivity index (χ3v) is 3.49. The Kier molecular flexibility index (Phi) is 6.02. The molecule has 1 atom stereocenters. The predicted octanol–water partition coefficient (Wildman–Crippen LogP) is 2.46. The van der Waals surface area contributed by atoms with Crippen LogP contribution in [0.4, 0.5) is 5.82 Å². The number of aromatic nitrogens is 2. The van der Waals surface area contributed by atoms with Gasteiger partial charge in [-0.15, -0.1) is 10.2 Å². The van der Waals surface area contributed by atoms with Crippen LogP contribution in [0.2, 0.25) is 5.15 Å². The van der Waals surface area contributed by atoms with Crippen LogP contribution in [0.3, 0.4) is 0 Å². The topological polar surface area (TPSA) is 66.9 Å². The Morgan fingerprint density at radius 3 is 2.63 bits per heavy atom. The van der Waals surface area contributed by atoms with E-state index in [0.717, 1.165) is 17.5 Å². The van der Waals surface area contributed by atoms with Crippen molar-refractivity contribution < 1.29 is 4.79 Å². The van der Waals surface area contributed by atoms with Gasteiger partial charge in [0.2, 0.25) is 5.91 Å². The number of hydrogen-bond donors (Lipinski definition) is 2. The minimum atomic E-state index is 0.0400. The number of hydrogen-bond acceptors (Lipinski definition) is 4. The summed E-state index contributed by atoms with van der Waals surface area (Å²) < 4.78 is 0. The van der Waals surface area contributed by atoms with E-state index in [1.165, 1.54) is 0 Å². The molecule has 1 heterocycles. The first-order valence-corrected chi connectivity index (χ1v) is 6.86. The van der Waals surface area contributed by atoms with Gasteiger partial charge in [-0.05, 0) is 38.3 Å². The lowest BCUT2D eigenvalue weighted by molar-refractivity contribution is -0.121. The van der Waals surface area contributed by atoms with Crippen LogP contribution in [0.25, 0.3) is 0 Å². The molecule has 106 valence electrons. The maximum atomic E-state index is 11.6. The zero-order valence-corrected chi connectivity index (χ0v) is 12.6. The minimum Gasteiger partial charge on any atom is -0.368 e. The molecule has 0 aromatic carbocycles. The number of carbonyl (C=O) groups excluding carboxylic acids is 1. The second kappa shape index (κ2) is 7.28. The highest BCUT2D eigenvalue weighted by Gasteiger charge is 2.09. The lowest BCUT2D eigenvalue weighted by atomic mass is 10.2. The Hall–Kier alpha value is -1.36. The molecule has 19 heavy (non-hydrogen) atoms. The fraction of sp³-hybridized carbons (Fsp3) is 0.615. The highest BCUT2D eigenvalue weighted by atomic mass is 35.5. The smallest absolute Gasteiger partial charge is 0.221 e.